The number of methoxy groups -OCH3 is 1. The van der Waals surface area contributed by atoms with Crippen LogP contribution in [-0.4, -0.2) is 51.4 Å². The zero-order valence-corrected chi connectivity index (χ0v) is 26.7. The first-order valence-corrected chi connectivity index (χ1v) is 16.0. The molecule has 1 atom stereocenters. The van der Waals surface area contributed by atoms with Gasteiger partial charge < -0.3 is 15.0 Å². The van der Waals surface area contributed by atoms with Gasteiger partial charge in [0.1, 0.15) is 18.3 Å². The molecule has 8 nitrogen and oxygen atoms in total. The molecule has 0 unspecified atom stereocenters. The molecule has 0 aliphatic carbocycles. The van der Waals surface area contributed by atoms with E-state index in [0.29, 0.717) is 32.9 Å². The van der Waals surface area contributed by atoms with E-state index < -0.39 is 28.5 Å². The molecule has 1 N–H and O–H groups in total. The number of benzene rings is 3. The van der Waals surface area contributed by atoms with Gasteiger partial charge in [0, 0.05) is 33.7 Å². The number of sulfonamides is 1. The summed E-state index contributed by atoms with van der Waals surface area (Å²) >= 11 is 19.0. The number of hydrogen-bond acceptors (Lipinski definition) is 5. The first-order chi connectivity index (χ1) is 20.0. The Balaban J connectivity index is 2.07. The summed E-state index contributed by atoms with van der Waals surface area (Å²) in [6.07, 6.45) is 1.93. The van der Waals surface area contributed by atoms with E-state index in [1.165, 1.54) is 60.5 Å². The van der Waals surface area contributed by atoms with Crippen LogP contribution in [0.5, 0.6) is 5.75 Å². The maximum absolute atomic E-state index is 14.1. The van der Waals surface area contributed by atoms with Gasteiger partial charge in [0.15, 0.2) is 0 Å². The molecule has 226 valence electrons. The molecular weight excluding hydrogens is 621 g/mol. The van der Waals surface area contributed by atoms with Crippen molar-refractivity contribution < 1.29 is 22.7 Å². The van der Waals surface area contributed by atoms with Crippen molar-refractivity contribution in [3.8, 4) is 5.75 Å². The number of unbranched alkanes of at least 4 members (excludes halogenated alkanes) is 1. The Labute approximate surface area is 262 Å². The number of hydrogen-bond donors (Lipinski definition) is 1. The Kier molecular flexibility index (Phi) is 12.4. The molecule has 0 aliphatic heterocycles. The number of amides is 2. The smallest absolute Gasteiger partial charge is 0.264 e. The number of nitrogens with one attached hydrogen (secondary N) is 1. The average molecular weight is 655 g/mol. The molecule has 0 radical (unpaired) electrons. The normalized spacial score (nSPS) is 12.0. The minimum absolute atomic E-state index is 0.0453. The predicted molar refractivity (Wildman–Crippen MR) is 168 cm³/mol. The third kappa shape index (κ3) is 8.31. The molecule has 2 amide bonds. The van der Waals surface area contributed by atoms with Gasteiger partial charge in [-0.3, -0.25) is 13.9 Å². The van der Waals surface area contributed by atoms with Gasteiger partial charge in [0.25, 0.3) is 10.0 Å². The largest absolute Gasteiger partial charge is 0.497 e. The maximum Gasteiger partial charge on any atom is 0.264 e. The quantitative estimate of drug-likeness (QED) is 0.198. The van der Waals surface area contributed by atoms with Gasteiger partial charge in [-0.15, -0.1) is 0 Å². The van der Waals surface area contributed by atoms with Gasteiger partial charge >= 0.3 is 0 Å². The molecule has 42 heavy (non-hydrogen) atoms. The molecular formula is C30H34Cl3N3O5S. The Morgan fingerprint density at radius 1 is 0.929 bits per heavy atom. The van der Waals surface area contributed by atoms with Crippen molar-refractivity contribution in [2.45, 2.75) is 50.6 Å². The molecule has 12 heteroatoms. The molecule has 0 aliphatic rings. The number of halogens is 3. The highest BCUT2D eigenvalue weighted by atomic mass is 35.5. The van der Waals surface area contributed by atoms with E-state index in [2.05, 4.69) is 5.32 Å². The monoisotopic (exact) mass is 653 g/mol. The van der Waals surface area contributed by atoms with Crippen molar-refractivity contribution in [2.75, 3.05) is 24.5 Å². The van der Waals surface area contributed by atoms with Gasteiger partial charge in [-0.25, -0.2) is 8.42 Å². The molecule has 0 fully saturated rings. The summed E-state index contributed by atoms with van der Waals surface area (Å²) in [5, 5.41) is 3.93. The minimum Gasteiger partial charge on any atom is -0.497 e. The lowest BCUT2D eigenvalue weighted by Crippen LogP contribution is -2.52. The minimum atomic E-state index is -4.25. The number of rotatable bonds is 14. The van der Waals surface area contributed by atoms with E-state index >= 15 is 0 Å². The van der Waals surface area contributed by atoms with Crippen LogP contribution in [0.1, 0.15) is 38.7 Å². The number of anilines is 1. The van der Waals surface area contributed by atoms with Crippen LogP contribution in [-0.2, 0) is 26.2 Å². The predicted octanol–water partition coefficient (Wildman–Crippen LogP) is 6.57. The summed E-state index contributed by atoms with van der Waals surface area (Å²) in [5.41, 5.74) is 0.671. The number of nitrogens with zero attached hydrogens (tertiary/aromatic N) is 2. The molecule has 0 heterocycles. The van der Waals surface area contributed by atoms with Crippen LogP contribution in [0.2, 0.25) is 15.1 Å². The van der Waals surface area contributed by atoms with Crippen molar-refractivity contribution in [3.63, 3.8) is 0 Å². The van der Waals surface area contributed by atoms with Crippen molar-refractivity contribution >= 4 is 62.3 Å². The second kappa shape index (κ2) is 15.5. The summed E-state index contributed by atoms with van der Waals surface area (Å²) in [6, 6.07) is 16.0. The van der Waals surface area contributed by atoms with Crippen LogP contribution >= 0.6 is 34.8 Å². The molecule has 3 rings (SSSR count). The van der Waals surface area contributed by atoms with E-state index in [4.69, 9.17) is 39.5 Å². The van der Waals surface area contributed by atoms with Gasteiger partial charge in [0.2, 0.25) is 11.8 Å². The number of ether oxygens (including phenoxy) is 1. The molecule has 3 aromatic rings. The zero-order valence-electron chi connectivity index (χ0n) is 23.6. The first kappa shape index (κ1) is 33.5. The van der Waals surface area contributed by atoms with Crippen LogP contribution in [0.25, 0.3) is 0 Å². The maximum atomic E-state index is 14.1. The van der Waals surface area contributed by atoms with Crippen LogP contribution in [0, 0.1) is 0 Å². The summed E-state index contributed by atoms with van der Waals surface area (Å²) in [4.78, 5) is 28.7. The van der Waals surface area contributed by atoms with E-state index in [0.717, 1.165) is 17.1 Å². The van der Waals surface area contributed by atoms with E-state index in [1.807, 2.05) is 6.92 Å². The van der Waals surface area contributed by atoms with Crippen molar-refractivity contribution in [2.24, 2.45) is 0 Å². The highest BCUT2D eigenvalue weighted by Gasteiger charge is 2.34. The molecule has 0 bridgehead atoms. The number of carbonyl (C=O) groups is 2. The van der Waals surface area contributed by atoms with Crippen molar-refractivity contribution in [1.82, 2.24) is 10.2 Å². The Morgan fingerprint density at radius 2 is 1.55 bits per heavy atom. The SMILES string of the molecule is CCCCNC(=O)[C@H](CC)N(Cc1c(Cl)cccc1Cl)C(=O)CN(c1ccc(Cl)cc1)S(=O)(=O)c1ccc(OC)cc1. The van der Waals surface area contributed by atoms with Crippen molar-refractivity contribution in [1.29, 1.82) is 0 Å². The van der Waals surface area contributed by atoms with Crippen LogP contribution < -0.4 is 14.4 Å². The fourth-order valence-corrected chi connectivity index (χ4v) is 6.35. The summed E-state index contributed by atoms with van der Waals surface area (Å²) in [7, 11) is -2.77. The summed E-state index contributed by atoms with van der Waals surface area (Å²) < 4.78 is 34.1. The lowest BCUT2D eigenvalue weighted by Gasteiger charge is -2.33. The van der Waals surface area contributed by atoms with Crippen LogP contribution in [0.4, 0.5) is 5.69 Å². The fraction of sp³-hybridized carbons (Fsp3) is 0.333. The second-order valence-corrected chi connectivity index (χ2v) is 12.6. The van der Waals surface area contributed by atoms with Gasteiger partial charge in [-0.1, -0.05) is 61.1 Å². The lowest BCUT2D eigenvalue weighted by atomic mass is 10.1. The third-order valence-corrected chi connectivity index (χ3v) is 9.39. The van der Waals surface area contributed by atoms with E-state index in [-0.39, 0.29) is 29.5 Å². The molecule has 3 aromatic carbocycles. The second-order valence-electron chi connectivity index (χ2n) is 9.45. The van der Waals surface area contributed by atoms with Gasteiger partial charge in [0.05, 0.1) is 17.7 Å². The van der Waals surface area contributed by atoms with Crippen molar-refractivity contribution in [3.05, 3.63) is 87.4 Å². The van der Waals surface area contributed by atoms with Crippen LogP contribution in [0.15, 0.2) is 71.6 Å². The van der Waals surface area contributed by atoms with Gasteiger partial charge in [-0.05, 0) is 73.5 Å². The third-order valence-electron chi connectivity index (χ3n) is 6.65. The highest BCUT2D eigenvalue weighted by Crippen LogP contribution is 2.29. The van der Waals surface area contributed by atoms with Gasteiger partial charge in [-0.2, -0.15) is 0 Å². The first-order valence-electron chi connectivity index (χ1n) is 13.5. The molecule has 0 spiro atoms. The Morgan fingerprint density at radius 3 is 2.10 bits per heavy atom. The van der Waals surface area contributed by atoms with Crippen LogP contribution in [0.3, 0.4) is 0 Å². The lowest BCUT2D eigenvalue weighted by molar-refractivity contribution is -0.140. The molecule has 0 saturated heterocycles. The Hall–Kier alpha value is -2.98. The standard InChI is InChI=1S/C30H34Cl3N3O5S/c1-4-6-18-34-30(38)28(5-2)35(19-25-26(32)8-7-9-27(25)33)29(37)20-36(22-12-10-21(31)11-13-22)42(39,40)24-16-14-23(41-3)15-17-24/h7-17,28H,4-6,18-20H2,1-3H3,(H,34,38)/t28-/m0/s1. The molecule has 0 aromatic heterocycles. The van der Waals surface area contributed by atoms with E-state index in [9.17, 15) is 18.0 Å². The summed E-state index contributed by atoms with van der Waals surface area (Å²) in [6.45, 7) is 3.53. The topological polar surface area (TPSA) is 96.0 Å². The average Bonchev–Trinajstić information content (AvgIpc) is 2.97. The Bertz CT molecular complexity index is 1450. The summed E-state index contributed by atoms with van der Waals surface area (Å²) in [5.74, 6) is -0.486. The highest BCUT2D eigenvalue weighted by molar-refractivity contribution is 7.92. The zero-order chi connectivity index (χ0) is 30.9. The fourth-order valence-electron chi connectivity index (χ4n) is 4.29. The number of carbonyl (C=O) groups excluding carboxylic acids is 2. The van der Waals surface area contributed by atoms with E-state index in [1.54, 1.807) is 25.1 Å². The molecule has 0 saturated carbocycles.